The number of amides is 1. The van der Waals surface area contributed by atoms with Crippen LogP contribution in [0.15, 0.2) is 18.2 Å². The number of likely N-dealkylation sites (tertiary alicyclic amines) is 1. The Kier molecular flexibility index (Phi) is 4.83. The summed E-state index contributed by atoms with van der Waals surface area (Å²) < 4.78 is 0. The maximum Gasteiger partial charge on any atom is 0.224 e. The lowest BCUT2D eigenvalue weighted by Crippen LogP contribution is -2.34. The highest BCUT2D eigenvalue weighted by atomic mass is 35.5. The van der Waals surface area contributed by atoms with Gasteiger partial charge in [0.1, 0.15) is 0 Å². The number of benzene rings is 1. The highest BCUT2D eigenvalue weighted by molar-refractivity contribution is 6.31. The fourth-order valence-electron chi connectivity index (χ4n) is 2.58. The molecule has 0 bridgehead atoms. The second-order valence-corrected chi connectivity index (χ2v) is 5.89. The van der Waals surface area contributed by atoms with Crippen molar-refractivity contribution in [3.63, 3.8) is 0 Å². The van der Waals surface area contributed by atoms with E-state index in [9.17, 15) is 4.79 Å². The van der Waals surface area contributed by atoms with Gasteiger partial charge in [0, 0.05) is 23.7 Å². The first-order valence-electron chi connectivity index (χ1n) is 6.79. The molecule has 2 rings (SSSR count). The first-order chi connectivity index (χ1) is 9.04. The fourth-order valence-corrected chi connectivity index (χ4v) is 2.77. The highest BCUT2D eigenvalue weighted by Crippen LogP contribution is 2.22. The molecule has 0 saturated carbocycles. The molecule has 1 aromatic rings. The van der Waals surface area contributed by atoms with Crippen molar-refractivity contribution in [1.82, 2.24) is 4.90 Å². The topological polar surface area (TPSA) is 32.3 Å². The summed E-state index contributed by atoms with van der Waals surface area (Å²) in [6.07, 6.45) is 2.92. The lowest BCUT2D eigenvalue weighted by molar-refractivity contribution is -0.117. The summed E-state index contributed by atoms with van der Waals surface area (Å²) in [7, 11) is 2.11. The van der Waals surface area contributed by atoms with E-state index < -0.39 is 0 Å². The molecule has 1 aliphatic rings. The second kappa shape index (κ2) is 6.40. The van der Waals surface area contributed by atoms with Gasteiger partial charge in [0.2, 0.25) is 5.91 Å². The van der Waals surface area contributed by atoms with Crippen molar-refractivity contribution in [3.05, 3.63) is 28.8 Å². The number of piperidine rings is 1. The fraction of sp³-hybridized carbons (Fsp3) is 0.533. The van der Waals surface area contributed by atoms with Gasteiger partial charge in [-0.25, -0.2) is 0 Å². The van der Waals surface area contributed by atoms with Gasteiger partial charge in [0.15, 0.2) is 0 Å². The van der Waals surface area contributed by atoms with Crippen LogP contribution in [0.3, 0.4) is 0 Å². The third kappa shape index (κ3) is 4.22. The number of carbonyl (C=O) groups is 1. The molecule has 1 saturated heterocycles. The summed E-state index contributed by atoms with van der Waals surface area (Å²) in [5.74, 6) is 0.555. The number of hydrogen-bond donors (Lipinski definition) is 1. The highest BCUT2D eigenvalue weighted by Gasteiger charge is 2.20. The first kappa shape index (κ1) is 14.4. The SMILES string of the molecule is Cc1ccc(NC(=O)CC2CCCN(C)C2)cc1Cl. The normalized spacial score (nSPS) is 20.3. The van der Waals surface area contributed by atoms with Crippen LogP contribution in [0, 0.1) is 12.8 Å². The number of carbonyl (C=O) groups excluding carboxylic acids is 1. The second-order valence-electron chi connectivity index (χ2n) is 5.49. The zero-order chi connectivity index (χ0) is 13.8. The molecule has 1 aliphatic heterocycles. The third-order valence-corrected chi connectivity index (χ3v) is 4.06. The van der Waals surface area contributed by atoms with Gasteiger partial charge >= 0.3 is 0 Å². The molecule has 19 heavy (non-hydrogen) atoms. The molecule has 104 valence electrons. The third-order valence-electron chi connectivity index (χ3n) is 3.65. The smallest absolute Gasteiger partial charge is 0.224 e. The van der Waals surface area contributed by atoms with Crippen LogP contribution in [0.5, 0.6) is 0 Å². The summed E-state index contributed by atoms with van der Waals surface area (Å²) in [5.41, 5.74) is 1.80. The Morgan fingerprint density at radius 1 is 1.53 bits per heavy atom. The maximum atomic E-state index is 12.0. The largest absolute Gasteiger partial charge is 0.326 e. The molecule has 1 fully saturated rings. The summed E-state index contributed by atoms with van der Waals surface area (Å²) in [4.78, 5) is 14.3. The van der Waals surface area contributed by atoms with Crippen LogP contribution in [0.25, 0.3) is 0 Å². The van der Waals surface area contributed by atoms with Gasteiger partial charge < -0.3 is 10.2 Å². The van der Waals surface area contributed by atoms with E-state index in [4.69, 9.17) is 11.6 Å². The van der Waals surface area contributed by atoms with E-state index in [1.165, 1.54) is 6.42 Å². The Labute approximate surface area is 119 Å². The van der Waals surface area contributed by atoms with Crippen LogP contribution in [0.2, 0.25) is 5.02 Å². The lowest BCUT2D eigenvalue weighted by atomic mass is 9.95. The molecular formula is C15H21ClN2O. The standard InChI is InChI=1S/C15H21ClN2O/c1-11-5-6-13(9-14(11)16)17-15(19)8-12-4-3-7-18(2)10-12/h5-6,9,12H,3-4,7-8,10H2,1-2H3,(H,17,19). The molecule has 3 nitrogen and oxygen atoms in total. The van der Waals surface area contributed by atoms with Gasteiger partial charge in [-0.05, 0) is 57.0 Å². The van der Waals surface area contributed by atoms with E-state index in [1.54, 1.807) is 0 Å². The number of halogens is 1. The van der Waals surface area contributed by atoms with E-state index in [2.05, 4.69) is 17.3 Å². The molecule has 1 aromatic carbocycles. The summed E-state index contributed by atoms with van der Waals surface area (Å²) in [5, 5.41) is 3.62. The number of hydrogen-bond acceptors (Lipinski definition) is 2. The number of anilines is 1. The van der Waals surface area contributed by atoms with Crippen molar-refractivity contribution < 1.29 is 4.79 Å². The predicted octanol–water partition coefficient (Wildman–Crippen LogP) is 3.32. The van der Waals surface area contributed by atoms with E-state index >= 15 is 0 Å². The molecule has 0 aliphatic carbocycles. The maximum absolute atomic E-state index is 12.0. The summed E-state index contributed by atoms with van der Waals surface area (Å²) in [6.45, 7) is 4.11. The van der Waals surface area contributed by atoms with Gasteiger partial charge in [-0.15, -0.1) is 0 Å². The van der Waals surface area contributed by atoms with Gasteiger partial charge in [-0.3, -0.25) is 4.79 Å². The molecule has 4 heteroatoms. The molecule has 0 radical (unpaired) electrons. The number of aryl methyl sites for hydroxylation is 1. The van der Waals surface area contributed by atoms with Crippen LogP contribution < -0.4 is 5.32 Å². The summed E-state index contributed by atoms with van der Waals surface area (Å²) in [6, 6.07) is 5.63. The van der Waals surface area contributed by atoms with Crippen LogP contribution >= 0.6 is 11.6 Å². The Bertz CT molecular complexity index is 461. The lowest BCUT2D eigenvalue weighted by Gasteiger charge is -2.29. The molecule has 1 amide bonds. The molecule has 0 spiro atoms. The van der Waals surface area contributed by atoms with E-state index in [0.29, 0.717) is 17.4 Å². The van der Waals surface area contributed by atoms with E-state index in [-0.39, 0.29) is 5.91 Å². The minimum absolute atomic E-state index is 0.0835. The van der Waals surface area contributed by atoms with Gasteiger partial charge in [-0.1, -0.05) is 17.7 Å². The molecule has 1 unspecified atom stereocenters. The predicted molar refractivity (Wildman–Crippen MR) is 79.7 cm³/mol. The van der Waals surface area contributed by atoms with Gasteiger partial charge in [0.05, 0.1) is 0 Å². The van der Waals surface area contributed by atoms with E-state index in [1.807, 2.05) is 25.1 Å². The Morgan fingerprint density at radius 2 is 2.32 bits per heavy atom. The average Bonchev–Trinajstić information content (AvgIpc) is 2.34. The first-order valence-corrected chi connectivity index (χ1v) is 7.17. The monoisotopic (exact) mass is 280 g/mol. The van der Waals surface area contributed by atoms with Gasteiger partial charge in [0.25, 0.3) is 0 Å². The summed E-state index contributed by atoms with van der Waals surface area (Å²) >= 11 is 6.05. The quantitative estimate of drug-likeness (QED) is 0.921. The van der Waals surface area contributed by atoms with Crippen molar-refractivity contribution in [3.8, 4) is 0 Å². The Morgan fingerprint density at radius 3 is 3.00 bits per heavy atom. The van der Waals surface area contributed by atoms with Crippen LogP contribution in [-0.4, -0.2) is 30.9 Å². The van der Waals surface area contributed by atoms with Crippen LogP contribution in [0.1, 0.15) is 24.8 Å². The van der Waals surface area contributed by atoms with Crippen molar-refractivity contribution >= 4 is 23.2 Å². The van der Waals surface area contributed by atoms with Crippen molar-refractivity contribution in [2.24, 2.45) is 5.92 Å². The number of nitrogens with zero attached hydrogens (tertiary/aromatic N) is 1. The Balaban J connectivity index is 1.88. The number of nitrogens with one attached hydrogen (secondary N) is 1. The van der Waals surface area contributed by atoms with Gasteiger partial charge in [-0.2, -0.15) is 0 Å². The minimum atomic E-state index is 0.0835. The zero-order valence-electron chi connectivity index (χ0n) is 11.6. The van der Waals surface area contributed by atoms with E-state index in [0.717, 1.165) is 30.8 Å². The van der Waals surface area contributed by atoms with Crippen molar-refractivity contribution in [2.45, 2.75) is 26.2 Å². The van der Waals surface area contributed by atoms with Crippen molar-refractivity contribution in [2.75, 3.05) is 25.5 Å². The van der Waals surface area contributed by atoms with Crippen molar-refractivity contribution in [1.29, 1.82) is 0 Å². The van der Waals surface area contributed by atoms with Crippen LogP contribution in [0.4, 0.5) is 5.69 Å². The molecule has 1 atom stereocenters. The minimum Gasteiger partial charge on any atom is -0.326 e. The number of rotatable bonds is 3. The van der Waals surface area contributed by atoms with Crippen LogP contribution in [-0.2, 0) is 4.79 Å². The molecule has 1 heterocycles. The molecule has 1 N–H and O–H groups in total. The molecular weight excluding hydrogens is 260 g/mol. The molecule has 0 aromatic heterocycles. The average molecular weight is 281 g/mol. The zero-order valence-corrected chi connectivity index (χ0v) is 12.3. The Hall–Kier alpha value is -1.06.